The van der Waals surface area contributed by atoms with Gasteiger partial charge in [0.05, 0.1) is 28.8 Å². The number of esters is 2. The Morgan fingerprint density at radius 3 is 2.79 bits per heavy atom. The molecule has 3 heterocycles. The van der Waals surface area contributed by atoms with Crippen LogP contribution in [-0.2, 0) is 27.1 Å². The molecule has 10 heteroatoms. The van der Waals surface area contributed by atoms with Gasteiger partial charge in [-0.05, 0) is 74.4 Å². The molecular formula is C29H30N4O5S. The van der Waals surface area contributed by atoms with Crippen molar-refractivity contribution in [2.75, 3.05) is 11.9 Å². The van der Waals surface area contributed by atoms with Crippen LogP contribution in [-0.4, -0.2) is 45.5 Å². The molecule has 0 bridgehead atoms. The molecule has 5 rings (SSSR count). The molecule has 0 saturated carbocycles. The van der Waals surface area contributed by atoms with E-state index in [4.69, 9.17) is 9.47 Å². The number of fused-ring (bicyclic) bond motifs is 2. The highest BCUT2D eigenvalue weighted by Gasteiger charge is 2.31. The Morgan fingerprint density at radius 2 is 2.05 bits per heavy atom. The number of H-pyrrole nitrogens is 1. The highest BCUT2D eigenvalue weighted by Crippen LogP contribution is 2.40. The molecule has 1 amide bonds. The van der Waals surface area contributed by atoms with Crippen molar-refractivity contribution in [3.63, 3.8) is 0 Å². The predicted molar refractivity (Wildman–Crippen MR) is 149 cm³/mol. The van der Waals surface area contributed by atoms with Crippen molar-refractivity contribution < 1.29 is 23.9 Å². The Bertz CT molecular complexity index is 1530. The number of anilines is 1. The Balaban J connectivity index is 1.33. The van der Waals surface area contributed by atoms with Crippen LogP contribution in [0.2, 0.25) is 0 Å². The van der Waals surface area contributed by atoms with E-state index in [0.29, 0.717) is 38.9 Å². The van der Waals surface area contributed by atoms with Gasteiger partial charge in [-0.25, -0.2) is 14.6 Å². The molecule has 2 atom stereocenters. The monoisotopic (exact) mass is 546 g/mol. The van der Waals surface area contributed by atoms with Crippen LogP contribution in [0.15, 0.2) is 42.7 Å². The molecule has 202 valence electrons. The zero-order valence-corrected chi connectivity index (χ0v) is 22.9. The molecule has 2 N–H and O–H groups in total. The number of hydrogen-bond donors (Lipinski definition) is 2. The minimum absolute atomic E-state index is 0.243. The van der Waals surface area contributed by atoms with Crippen LogP contribution in [0.1, 0.15) is 64.8 Å². The van der Waals surface area contributed by atoms with Crippen LogP contribution >= 0.6 is 11.3 Å². The first-order valence-electron chi connectivity index (χ1n) is 13.1. The maximum atomic E-state index is 13.2. The summed E-state index contributed by atoms with van der Waals surface area (Å²) in [6.45, 7) is 5.94. The minimum Gasteiger partial charge on any atom is -0.462 e. The smallest absolute Gasteiger partial charge is 0.341 e. The summed E-state index contributed by atoms with van der Waals surface area (Å²) in [5, 5.41) is 3.31. The van der Waals surface area contributed by atoms with Gasteiger partial charge in [0, 0.05) is 22.8 Å². The molecular weight excluding hydrogens is 516 g/mol. The van der Waals surface area contributed by atoms with E-state index in [2.05, 4.69) is 27.2 Å². The molecule has 9 nitrogen and oxygen atoms in total. The molecule has 0 saturated heterocycles. The predicted octanol–water partition coefficient (Wildman–Crippen LogP) is 5.56. The van der Waals surface area contributed by atoms with Crippen LogP contribution in [0.3, 0.4) is 0 Å². The lowest BCUT2D eigenvalue weighted by atomic mass is 9.88. The molecule has 1 aromatic carbocycles. The number of aromatic nitrogens is 3. The van der Waals surface area contributed by atoms with Gasteiger partial charge in [-0.15, -0.1) is 11.3 Å². The lowest BCUT2D eigenvalue weighted by Crippen LogP contribution is -2.32. The van der Waals surface area contributed by atoms with Gasteiger partial charge in [-0.2, -0.15) is 0 Å². The topological polar surface area (TPSA) is 123 Å². The zero-order chi connectivity index (χ0) is 27.5. The summed E-state index contributed by atoms with van der Waals surface area (Å²) in [7, 11) is 0. The second-order valence-electron chi connectivity index (χ2n) is 9.63. The fourth-order valence-electron chi connectivity index (χ4n) is 4.75. The molecule has 1 aliphatic rings. The van der Waals surface area contributed by atoms with Gasteiger partial charge in [0.2, 0.25) is 0 Å². The Hall–Kier alpha value is -4.05. The van der Waals surface area contributed by atoms with Crippen LogP contribution < -0.4 is 5.32 Å². The summed E-state index contributed by atoms with van der Waals surface area (Å²) >= 11 is 1.40. The van der Waals surface area contributed by atoms with Crippen molar-refractivity contribution in [1.29, 1.82) is 0 Å². The molecule has 2 unspecified atom stereocenters. The number of nitrogens with one attached hydrogen (secondary N) is 2. The normalized spacial score (nSPS) is 15.4. The van der Waals surface area contributed by atoms with Crippen molar-refractivity contribution in [2.45, 2.75) is 52.6 Å². The van der Waals surface area contributed by atoms with Crippen molar-refractivity contribution >= 4 is 45.2 Å². The van der Waals surface area contributed by atoms with Crippen LogP contribution in [0.4, 0.5) is 5.00 Å². The fourth-order valence-corrected chi connectivity index (χ4v) is 6.15. The number of carbonyl (C=O) groups is 3. The third-order valence-electron chi connectivity index (χ3n) is 6.79. The minimum atomic E-state index is -1.03. The number of thiophene rings is 1. The van der Waals surface area contributed by atoms with Crippen LogP contribution in [0, 0.1) is 5.92 Å². The first-order chi connectivity index (χ1) is 18.9. The number of aromatic amines is 1. The number of ether oxygens (including phenoxy) is 2. The molecule has 3 aromatic heterocycles. The summed E-state index contributed by atoms with van der Waals surface area (Å²) < 4.78 is 10.9. The summed E-state index contributed by atoms with van der Waals surface area (Å²) in [5.41, 5.74) is 3.86. The van der Waals surface area contributed by atoms with Crippen molar-refractivity contribution in [3.05, 3.63) is 64.3 Å². The SMILES string of the molecule is CCOC(=O)c1c(NC(=O)C(CC)OC(=O)c2ccc3nc(-c4cccnc4)[nH]c3c2)sc2c1CCC(C)C2. The van der Waals surface area contributed by atoms with E-state index in [1.165, 1.54) is 11.3 Å². The van der Waals surface area contributed by atoms with Gasteiger partial charge in [0.15, 0.2) is 6.10 Å². The van der Waals surface area contributed by atoms with Crippen molar-refractivity contribution in [3.8, 4) is 11.4 Å². The number of pyridine rings is 1. The first-order valence-corrected chi connectivity index (χ1v) is 13.9. The lowest BCUT2D eigenvalue weighted by Gasteiger charge is -2.18. The second-order valence-corrected chi connectivity index (χ2v) is 10.7. The van der Waals surface area contributed by atoms with E-state index >= 15 is 0 Å². The maximum absolute atomic E-state index is 13.2. The molecule has 0 aliphatic heterocycles. The van der Waals surface area contributed by atoms with E-state index in [1.54, 1.807) is 44.4 Å². The van der Waals surface area contributed by atoms with E-state index in [9.17, 15) is 14.4 Å². The Morgan fingerprint density at radius 1 is 1.21 bits per heavy atom. The summed E-state index contributed by atoms with van der Waals surface area (Å²) in [6, 6.07) is 8.72. The Kier molecular flexibility index (Phi) is 7.74. The van der Waals surface area contributed by atoms with E-state index in [0.717, 1.165) is 35.3 Å². The zero-order valence-electron chi connectivity index (χ0n) is 22.1. The average molecular weight is 547 g/mol. The molecule has 1 aliphatic carbocycles. The van der Waals surface area contributed by atoms with E-state index in [-0.39, 0.29) is 13.0 Å². The summed E-state index contributed by atoms with van der Waals surface area (Å²) in [5.74, 6) is -0.402. The number of hydrogen-bond acceptors (Lipinski definition) is 8. The highest BCUT2D eigenvalue weighted by atomic mass is 32.1. The largest absolute Gasteiger partial charge is 0.462 e. The molecule has 39 heavy (non-hydrogen) atoms. The average Bonchev–Trinajstić information content (AvgIpc) is 3.52. The van der Waals surface area contributed by atoms with E-state index < -0.39 is 23.9 Å². The van der Waals surface area contributed by atoms with Gasteiger partial charge in [0.25, 0.3) is 5.91 Å². The van der Waals surface area contributed by atoms with Crippen LogP contribution in [0.5, 0.6) is 0 Å². The molecule has 0 spiro atoms. The van der Waals surface area contributed by atoms with Gasteiger partial charge in [-0.1, -0.05) is 13.8 Å². The quantitative estimate of drug-likeness (QED) is 0.277. The second kappa shape index (κ2) is 11.4. The number of imidazole rings is 1. The standard InChI is InChI=1S/C29H30N4O5S/c1-4-22(26(34)33-27-24(29(36)37-5-2)19-10-8-16(3)13-23(19)39-27)38-28(35)17-9-11-20-21(14-17)32-25(31-20)18-7-6-12-30-15-18/h6-7,9,11-12,14-16,22H,4-5,8,10,13H2,1-3H3,(H,31,32)(H,33,34). The van der Waals surface area contributed by atoms with Gasteiger partial charge in [-0.3, -0.25) is 9.78 Å². The number of rotatable bonds is 8. The van der Waals surface area contributed by atoms with Gasteiger partial charge >= 0.3 is 11.9 Å². The number of nitrogens with zero attached hydrogens (tertiary/aromatic N) is 2. The van der Waals surface area contributed by atoms with Gasteiger partial charge in [0.1, 0.15) is 10.8 Å². The lowest BCUT2D eigenvalue weighted by molar-refractivity contribution is -0.124. The third-order valence-corrected chi connectivity index (χ3v) is 7.96. The summed E-state index contributed by atoms with van der Waals surface area (Å²) in [4.78, 5) is 52.0. The fraction of sp³-hybridized carbons (Fsp3) is 0.345. The van der Waals surface area contributed by atoms with Crippen molar-refractivity contribution in [2.24, 2.45) is 5.92 Å². The molecule has 0 radical (unpaired) electrons. The number of benzene rings is 1. The van der Waals surface area contributed by atoms with Gasteiger partial charge < -0.3 is 19.8 Å². The Labute approximate surface area is 230 Å². The van der Waals surface area contributed by atoms with Crippen molar-refractivity contribution in [1.82, 2.24) is 15.0 Å². The summed E-state index contributed by atoms with van der Waals surface area (Å²) in [6.07, 6.45) is 5.22. The number of carbonyl (C=O) groups excluding carboxylic acids is 3. The maximum Gasteiger partial charge on any atom is 0.341 e. The third kappa shape index (κ3) is 5.56. The number of amides is 1. The molecule has 0 fully saturated rings. The van der Waals surface area contributed by atoms with Crippen LogP contribution in [0.25, 0.3) is 22.4 Å². The highest BCUT2D eigenvalue weighted by molar-refractivity contribution is 7.17. The van der Waals surface area contributed by atoms with E-state index in [1.807, 2.05) is 12.1 Å². The molecule has 4 aromatic rings. The first kappa shape index (κ1) is 26.6.